The summed E-state index contributed by atoms with van der Waals surface area (Å²) in [5, 5.41) is 4.98. The number of nitrogens with zero attached hydrogens (tertiary/aromatic N) is 1. The summed E-state index contributed by atoms with van der Waals surface area (Å²) in [6.45, 7) is 1.84. The topological polar surface area (TPSA) is 99.4 Å². The highest BCUT2D eigenvalue weighted by Gasteiger charge is 2.16. The van der Waals surface area contributed by atoms with E-state index >= 15 is 0 Å². The molecule has 32 heavy (non-hydrogen) atoms. The first kappa shape index (κ1) is 24.3. The van der Waals surface area contributed by atoms with Gasteiger partial charge in [0.1, 0.15) is 5.58 Å². The Balaban J connectivity index is 1.75. The van der Waals surface area contributed by atoms with Crippen LogP contribution in [0.5, 0.6) is 11.5 Å². The second kappa shape index (κ2) is 11.0. The minimum atomic E-state index is -0.551. The lowest BCUT2D eigenvalue weighted by Gasteiger charge is -2.13. The van der Waals surface area contributed by atoms with Gasteiger partial charge in [0.25, 0.3) is 0 Å². The number of methoxy groups -OCH3 is 1. The van der Waals surface area contributed by atoms with Crippen LogP contribution in [0.3, 0.4) is 0 Å². The van der Waals surface area contributed by atoms with E-state index in [0.717, 1.165) is 13.4 Å². The van der Waals surface area contributed by atoms with Crippen molar-refractivity contribution in [3.8, 4) is 11.5 Å². The number of carbonyl (C=O) groups excluding carboxylic acids is 2. The molecule has 0 aliphatic carbocycles. The summed E-state index contributed by atoms with van der Waals surface area (Å²) in [5.74, 6) is -0.381. The van der Waals surface area contributed by atoms with E-state index in [1.54, 1.807) is 25.1 Å². The molecule has 1 N–H and O–H groups in total. The van der Waals surface area contributed by atoms with Gasteiger partial charge >= 0.3 is 11.9 Å². The number of benzene rings is 2. The van der Waals surface area contributed by atoms with E-state index in [9.17, 15) is 9.59 Å². The third-order valence-corrected chi connectivity index (χ3v) is 5.57. The lowest BCUT2D eigenvalue weighted by Crippen LogP contribution is -2.16. The number of furan rings is 1. The van der Waals surface area contributed by atoms with Crippen molar-refractivity contribution in [2.24, 2.45) is 5.10 Å². The van der Waals surface area contributed by atoms with Crippen LogP contribution in [0, 0.1) is 3.57 Å². The average Bonchev–Trinajstić information content (AvgIpc) is 3.17. The number of hydrazone groups is 1. The van der Waals surface area contributed by atoms with Crippen LogP contribution in [0.2, 0.25) is 5.02 Å². The van der Waals surface area contributed by atoms with E-state index < -0.39 is 11.9 Å². The monoisotopic (exact) mass is 634 g/mol. The molecule has 1 heterocycles. The Morgan fingerprint density at radius 1 is 1.25 bits per heavy atom. The number of fused-ring (bicyclic) bond motifs is 1. The van der Waals surface area contributed by atoms with E-state index in [1.807, 2.05) is 12.1 Å². The minimum Gasteiger partial charge on any atom is -0.490 e. The molecule has 0 spiro atoms. The van der Waals surface area contributed by atoms with Crippen molar-refractivity contribution < 1.29 is 28.2 Å². The SMILES string of the molecule is CCOc1cc(/C=N\NC(=O)c2cc3cc(Br)cc(I)c3o2)cc(Cl)c1OCC(=O)OC. The van der Waals surface area contributed by atoms with Gasteiger partial charge in [-0.3, -0.25) is 4.79 Å². The van der Waals surface area contributed by atoms with Crippen molar-refractivity contribution in [1.29, 1.82) is 0 Å². The molecule has 168 valence electrons. The van der Waals surface area contributed by atoms with Crippen molar-refractivity contribution in [2.45, 2.75) is 6.92 Å². The highest BCUT2D eigenvalue weighted by atomic mass is 127. The molecule has 0 unspecified atom stereocenters. The molecule has 0 saturated carbocycles. The molecule has 0 aliphatic rings. The maximum absolute atomic E-state index is 12.4. The second-order valence-corrected chi connectivity index (χ2v) is 8.73. The second-order valence-electron chi connectivity index (χ2n) is 6.24. The molecule has 0 aliphatic heterocycles. The fourth-order valence-electron chi connectivity index (χ4n) is 2.66. The van der Waals surface area contributed by atoms with Gasteiger partial charge in [-0.1, -0.05) is 27.5 Å². The first-order valence-electron chi connectivity index (χ1n) is 9.20. The maximum atomic E-state index is 12.4. The predicted molar refractivity (Wildman–Crippen MR) is 132 cm³/mol. The number of rotatable bonds is 8. The van der Waals surface area contributed by atoms with E-state index in [1.165, 1.54) is 13.3 Å². The molecule has 11 heteroatoms. The molecule has 8 nitrogen and oxygen atoms in total. The molecule has 2 aromatic carbocycles. The summed E-state index contributed by atoms with van der Waals surface area (Å²) in [6.07, 6.45) is 1.40. The summed E-state index contributed by atoms with van der Waals surface area (Å²) in [6, 6.07) is 8.59. The summed E-state index contributed by atoms with van der Waals surface area (Å²) in [7, 11) is 1.26. The number of amides is 1. The number of hydrogen-bond acceptors (Lipinski definition) is 7. The van der Waals surface area contributed by atoms with Crippen molar-refractivity contribution >= 4 is 79.2 Å². The normalized spacial score (nSPS) is 11.0. The Morgan fingerprint density at radius 3 is 2.75 bits per heavy atom. The molecule has 0 saturated heterocycles. The van der Waals surface area contributed by atoms with Gasteiger partial charge in [0.15, 0.2) is 23.9 Å². The molecule has 0 radical (unpaired) electrons. The Bertz CT molecular complexity index is 1200. The van der Waals surface area contributed by atoms with Crippen LogP contribution in [-0.4, -0.2) is 38.4 Å². The molecule has 0 fully saturated rings. The largest absolute Gasteiger partial charge is 0.490 e. The third-order valence-electron chi connectivity index (χ3n) is 4.03. The zero-order chi connectivity index (χ0) is 23.3. The standard InChI is InChI=1S/C21H17BrClIN2O6/c1-3-30-16-5-11(4-14(23)20(16)31-10-18(27)29-2)9-25-26-21(28)17-7-12-6-13(22)8-15(24)19(12)32-17/h4-9H,3,10H2,1-2H3,(H,26,28)/b25-9-. The highest BCUT2D eigenvalue weighted by molar-refractivity contribution is 14.1. The first-order chi connectivity index (χ1) is 15.3. The molecule has 3 aromatic rings. The van der Waals surface area contributed by atoms with E-state index in [0.29, 0.717) is 23.5 Å². The first-order valence-corrected chi connectivity index (χ1v) is 11.4. The van der Waals surface area contributed by atoms with Crippen LogP contribution in [0.4, 0.5) is 0 Å². The fourth-order valence-corrected chi connectivity index (χ4v) is 4.60. The van der Waals surface area contributed by atoms with Crippen molar-refractivity contribution in [3.63, 3.8) is 0 Å². The lowest BCUT2D eigenvalue weighted by atomic mass is 10.2. The van der Waals surface area contributed by atoms with Gasteiger partial charge in [-0.2, -0.15) is 5.10 Å². The molecule has 0 atom stereocenters. The van der Waals surface area contributed by atoms with Gasteiger partial charge in [0.2, 0.25) is 0 Å². The Hall–Kier alpha value is -2.31. The van der Waals surface area contributed by atoms with E-state index in [-0.39, 0.29) is 23.1 Å². The maximum Gasteiger partial charge on any atom is 0.343 e. The van der Waals surface area contributed by atoms with Crippen LogP contribution in [0.25, 0.3) is 11.0 Å². The summed E-state index contributed by atoms with van der Waals surface area (Å²) < 4.78 is 22.9. The Kier molecular flexibility index (Phi) is 8.38. The number of ether oxygens (including phenoxy) is 3. The van der Waals surface area contributed by atoms with Crippen LogP contribution >= 0.6 is 50.1 Å². The molecule has 1 aromatic heterocycles. The fraction of sp³-hybridized carbons (Fsp3) is 0.190. The Labute approximate surface area is 210 Å². The van der Waals surface area contributed by atoms with Gasteiger partial charge in [-0.25, -0.2) is 10.2 Å². The van der Waals surface area contributed by atoms with Gasteiger partial charge in [0, 0.05) is 9.86 Å². The molecular weight excluding hydrogens is 619 g/mol. The average molecular weight is 636 g/mol. The van der Waals surface area contributed by atoms with Crippen LogP contribution in [0.15, 0.2) is 44.3 Å². The number of halogens is 3. The smallest absolute Gasteiger partial charge is 0.343 e. The summed E-state index contributed by atoms with van der Waals surface area (Å²) >= 11 is 11.8. The molecule has 0 bridgehead atoms. The zero-order valence-electron chi connectivity index (χ0n) is 16.9. The predicted octanol–water partition coefficient (Wildman–Crippen LogP) is 5.17. The Morgan fingerprint density at radius 2 is 2.03 bits per heavy atom. The quantitative estimate of drug-likeness (QED) is 0.159. The third kappa shape index (κ3) is 5.93. The van der Waals surface area contributed by atoms with Crippen molar-refractivity contribution in [2.75, 3.05) is 20.3 Å². The van der Waals surface area contributed by atoms with Crippen molar-refractivity contribution in [1.82, 2.24) is 5.43 Å². The lowest BCUT2D eigenvalue weighted by molar-refractivity contribution is -0.142. The van der Waals surface area contributed by atoms with Crippen LogP contribution in [-0.2, 0) is 9.53 Å². The zero-order valence-corrected chi connectivity index (χ0v) is 21.4. The van der Waals surface area contributed by atoms with Gasteiger partial charge in [-0.05, 0) is 65.4 Å². The van der Waals surface area contributed by atoms with E-state index in [2.05, 4.69) is 53.8 Å². The van der Waals surface area contributed by atoms with Gasteiger partial charge in [0.05, 0.1) is 28.5 Å². The van der Waals surface area contributed by atoms with Crippen LogP contribution < -0.4 is 14.9 Å². The van der Waals surface area contributed by atoms with E-state index in [4.69, 9.17) is 25.5 Å². The van der Waals surface area contributed by atoms with Gasteiger partial charge < -0.3 is 18.6 Å². The highest BCUT2D eigenvalue weighted by Crippen LogP contribution is 2.36. The number of nitrogens with one attached hydrogen (secondary N) is 1. The van der Waals surface area contributed by atoms with Crippen molar-refractivity contribution in [3.05, 3.63) is 54.7 Å². The summed E-state index contributed by atoms with van der Waals surface area (Å²) in [4.78, 5) is 23.8. The summed E-state index contributed by atoms with van der Waals surface area (Å²) in [5.41, 5.74) is 3.59. The van der Waals surface area contributed by atoms with Crippen LogP contribution in [0.1, 0.15) is 23.0 Å². The molecular formula is C21H17BrClIN2O6. The molecule has 3 rings (SSSR count). The number of carbonyl (C=O) groups is 2. The minimum absolute atomic E-state index is 0.132. The number of hydrogen-bond donors (Lipinski definition) is 1. The molecule has 1 amide bonds. The number of esters is 1. The van der Waals surface area contributed by atoms with Gasteiger partial charge in [-0.15, -0.1) is 0 Å².